The van der Waals surface area contributed by atoms with Crippen LogP contribution in [-0.4, -0.2) is 24.8 Å². The molecule has 1 aliphatic carbocycles. The molecule has 1 heterocycles. The van der Waals surface area contributed by atoms with Crippen LogP contribution in [0.5, 0.6) is 0 Å². The Labute approximate surface area is 401 Å². The minimum Gasteiger partial charge on any atom is -0.386 e. The predicted octanol–water partition coefficient (Wildman–Crippen LogP) is 16.8. The largest absolute Gasteiger partial charge is 0.386 e. The second-order valence-electron chi connectivity index (χ2n) is 16.7. The van der Waals surface area contributed by atoms with E-state index < -0.39 is 0 Å². The number of aryl methyl sites for hydroxylation is 1. The van der Waals surface area contributed by atoms with E-state index in [1.165, 1.54) is 33.0 Å². The maximum atomic E-state index is 5.19. The van der Waals surface area contributed by atoms with E-state index in [1.54, 1.807) is 0 Å². The first kappa shape index (κ1) is 49.1. The van der Waals surface area contributed by atoms with Crippen LogP contribution < -0.4 is 5.32 Å². The summed E-state index contributed by atoms with van der Waals surface area (Å²) in [6.07, 6.45) is 43.9. The van der Waals surface area contributed by atoms with Gasteiger partial charge >= 0.3 is 0 Å². The number of anilines is 1. The lowest BCUT2D eigenvalue weighted by molar-refractivity contribution is 0.781. The van der Waals surface area contributed by atoms with Crippen molar-refractivity contribution in [2.24, 2.45) is 10.9 Å². The number of nitrogens with zero attached hydrogens (tertiary/aromatic N) is 2. The van der Waals surface area contributed by atoms with Crippen molar-refractivity contribution in [3.63, 3.8) is 0 Å². The minimum absolute atomic E-state index is 0.176. The Kier molecular flexibility index (Phi) is 18.6. The second-order valence-corrected chi connectivity index (χ2v) is 16.7. The number of aliphatic imine (C=N–C) groups is 1. The normalized spacial score (nSPS) is 15.8. The van der Waals surface area contributed by atoms with Crippen LogP contribution >= 0.6 is 0 Å². The van der Waals surface area contributed by atoms with Crippen LogP contribution in [0.3, 0.4) is 0 Å². The molecule has 0 aliphatic heterocycles. The van der Waals surface area contributed by atoms with E-state index in [0.29, 0.717) is 0 Å². The zero-order valence-electron chi connectivity index (χ0n) is 40.5. The van der Waals surface area contributed by atoms with Gasteiger partial charge in [0.25, 0.3) is 0 Å². The average molecular weight is 878 g/mol. The van der Waals surface area contributed by atoms with Gasteiger partial charge in [-0.15, -0.1) is 0 Å². The van der Waals surface area contributed by atoms with Crippen molar-refractivity contribution >= 4 is 45.2 Å². The minimum atomic E-state index is 0.176. The number of pyridine rings is 1. The number of unbranched alkanes of at least 4 members (excludes halogenated alkanes) is 1. The molecule has 3 nitrogen and oxygen atoms in total. The third kappa shape index (κ3) is 12.9. The quantitative estimate of drug-likeness (QED) is 0.0480. The van der Waals surface area contributed by atoms with Gasteiger partial charge in [-0.2, -0.15) is 0 Å². The molecule has 1 aromatic heterocycles. The van der Waals surface area contributed by atoms with Gasteiger partial charge in [0, 0.05) is 31.0 Å². The number of aromatic nitrogens is 1. The van der Waals surface area contributed by atoms with E-state index >= 15 is 0 Å². The van der Waals surface area contributed by atoms with Gasteiger partial charge in [0.2, 0.25) is 0 Å². The molecule has 67 heavy (non-hydrogen) atoms. The fraction of sp³-hybridized carbons (Fsp3) is 0.188. The lowest BCUT2D eigenvalue weighted by Crippen LogP contribution is -2.13. The first-order chi connectivity index (χ1) is 32.8. The molecule has 3 heteroatoms. The molecule has 4 aromatic carbocycles. The maximum absolute atomic E-state index is 5.19. The highest BCUT2D eigenvalue weighted by Gasteiger charge is 2.20. The third-order valence-electron chi connectivity index (χ3n) is 12.1. The van der Waals surface area contributed by atoms with Crippen LogP contribution in [0.1, 0.15) is 74.9 Å². The number of hydrogen-bond donors (Lipinski definition) is 1. The molecule has 0 amide bonds. The van der Waals surface area contributed by atoms with E-state index in [0.717, 1.165) is 93.5 Å². The molecule has 0 radical (unpaired) electrons. The molecule has 1 atom stereocenters. The van der Waals surface area contributed by atoms with Crippen LogP contribution in [0.15, 0.2) is 240 Å². The molecule has 1 unspecified atom stereocenters. The number of allylic oxidation sites excluding steroid dienone is 22. The molecule has 6 rings (SSSR count). The van der Waals surface area contributed by atoms with Gasteiger partial charge in [0.15, 0.2) is 0 Å². The van der Waals surface area contributed by atoms with E-state index in [4.69, 9.17) is 9.98 Å². The summed E-state index contributed by atoms with van der Waals surface area (Å²) in [5.41, 5.74) is 15.6. The van der Waals surface area contributed by atoms with Crippen LogP contribution in [0.4, 0.5) is 5.69 Å². The smallest absolute Gasteiger partial charge is 0.0946 e. The SMILES string of the molecule is C=C/C=C\CCCc1c(/C(=N\C)C2=CC(C(/C=C\C)=C/C(C)=C/C(C=C)=C(/C=C/c3ccc4ccc(/C=C\Cc5ccccc5)c(NC)c4n3)C(\C=C/C)=C/C)CC=C2)ccc2ccccc12. The Morgan fingerprint density at radius 3 is 2.36 bits per heavy atom. The zero-order valence-corrected chi connectivity index (χ0v) is 40.5. The Morgan fingerprint density at radius 2 is 1.61 bits per heavy atom. The highest BCUT2D eigenvalue weighted by atomic mass is 14.9. The first-order valence-electron chi connectivity index (χ1n) is 23.7. The first-order valence-corrected chi connectivity index (χ1v) is 23.7. The van der Waals surface area contributed by atoms with Crippen molar-refractivity contribution in [3.05, 3.63) is 263 Å². The predicted molar refractivity (Wildman–Crippen MR) is 296 cm³/mol. The average Bonchev–Trinajstić information content (AvgIpc) is 3.36. The van der Waals surface area contributed by atoms with Crippen molar-refractivity contribution in [1.29, 1.82) is 0 Å². The summed E-state index contributed by atoms with van der Waals surface area (Å²) < 4.78 is 0. The lowest BCUT2D eigenvalue weighted by atomic mass is 9.83. The lowest BCUT2D eigenvalue weighted by Gasteiger charge is -2.21. The van der Waals surface area contributed by atoms with Crippen LogP contribution in [0.25, 0.3) is 33.8 Å². The highest BCUT2D eigenvalue weighted by Crippen LogP contribution is 2.33. The van der Waals surface area contributed by atoms with Crippen LogP contribution in [0, 0.1) is 5.92 Å². The van der Waals surface area contributed by atoms with Gasteiger partial charge < -0.3 is 5.32 Å². The van der Waals surface area contributed by atoms with E-state index in [9.17, 15) is 0 Å². The summed E-state index contributed by atoms with van der Waals surface area (Å²) in [6.45, 7) is 16.6. The number of rotatable bonds is 20. The van der Waals surface area contributed by atoms with Gasteiger partial charge in [0.1, 0.15) is 0 Å². The monoisotopic (exact) mass is 878 g/mol. The molecular weight excluding hydrogens is 811 g/mol. The number of hydrogen-bond acceptors (Lipinski definition) is 3. The van der Waals surface area contributed by atoms with Crippen molar-refractivity contribution in [2.45, 2.75) is 59.8 Å². The summed E-state index contributed by atoms with van der Waals surface area (Å²) in [4.78, 5) is 10.2. The van der Waals surface area contributed by atoms with Gasteiger partial charge in [-0.1, -0.05) is 207 Å². The van der Waals surface area contributed by atoms with Crippen molar-refractivity contribution in [2.75, 3.05) is 19.4 Å². The second kappa shape index (κ2) is 25.4. The number of fused-ring (bicyclic) bond motifs is 2. The zero-order chi connectivity index (χ0) is 47.4. The number of nitrogens with one attached hydrogen (secondary N) is 1. The van der Waals surface area contributed by atoms with Crippen molar-refractivity contribution < 1.29 is 0 Å². The highest BCUT2D eigenvalue weighted by molar-refractivity contribution is 6.17. The summed E-state index contributed by atoms with van der Waals surface area (Å²) in [5, 5.41) is 7.09. The van der Waals surface area contributed by atoms with Gasteiger partial charge in [-0.05, 0) is 127 Å². The Hall–Kier alpha value is -7.36. The summed E-state index contributed by atoms with van der Waals surface area (Å²) in [7, 11) is 3.89. The Balaban J connectivity index is 1.33. The van der Waals surface area contributed by atoms with Gasteiger partial charge in [-0.3, -0.25) is 4.99 Å². The van der Waals surface area contributed by atoms with Crippen molar-refractivity contribution in [1.82, 2.24) is 4.98 Å². The van der Waals surface area contributed by atoms with Crippen LogP contribution in [0.2, 0.25) is 0 Å². The molecule has 0 saturated heterocycles. The van der Waals surface area contributed by atoms with Crippen molar-refractivity contribution in [3.8, 4) is 0 Å². The fourth-order valence-electron chi connectivity index (χ4n) is 8.86. The molecule has 1 N–H and O–H groups in total. The van der Waals surface area contributed by atoms with E-state index in [-0.39, 0.29) is 5.92 Å². The molecule has 1 aliphatic rings. The molecule has 0 bridgehead atoms. The fourth-order valence-corrected chi connectivity index (χ4v) is 8.86. The molecule has 0 fully saturated rings. The van der Waals surface area contributed by atoms with E-state index in [2.05, 4.69) is 228 Å². The topological polar surface area (TPSA) is 37.3 Å². The third-order valence-corrected chi connectivity index (χ3v) is 12.1. The van der Waals surface area contributed by atoms with Gasteiger partial charge in [0.05, 0.1) is 22.6 Å². The standard InChI is InChI=1S/C64H67N3/c1-9-14-15-16-20-35-60-59-34-22-21-30-51(59)39-42-61(60)62(65-7)56-33-24-32-55(46-56)54(26-11-3)45-47(6)44-50(13-5)58(49(12-4)25-10-2)43-41-57-40-38-53-37-36-52(63(66-8)64(53)67-57)31-23-29-48-27-18-17-19-28-48/h9-15,17-19,21-28,30-31,33-34,36-46,55,66H,1,5,16,20,29,32,35H2,2-4,6-8H3/b15-14-,25-10-,26-11-,31-23-,43-41+,47-44+,49-12-,54-45+,58-50-,65-62-. The molecule has 5 aromatic rings. The molecular formula is C64H67N3. The van der Waals surface area contributed by atoms with Crippen LogP contribution in [-0.2, 0) is 12.8 Å². The van der Waals surface area contributed by atoms with Gasteiger partial charge in [-0.25, -0.2) is 4.98 Å². The summed E-state index contributed by atoms with van der Waals surface area (Å²) >= 11 is 0. The molecule has 0 spiro atoms. The molecule has 0 saturated carbocycles. The maximum Gasteiger partial charge on any atom is 0.0946 e. The Morgan fingerprint density at radius 1 is 0.836 bits per heavy atom. The van der Waals surface area contributed by atoms with E-state index in [1.807, 2.05) is 32.3 Å². The molecule has 338 valence electrons. The Bertz CT molecular complexity index is 2930. The summed E-state index contributed by atoms with van der Waals surface area (Å²) in [6, 6.07) is 32.3. The number of benzene rings is 4. The summed E-state index contributed by atoms with van der Waals surface area (Å²) in [5.74, 6) is 0.176.